The fourth-order valence-electron chi connectivity index (χ4n) is 3.69. The van der Waals surface area contributed by atoms with E-state index in [1.54, 1.807) is 24.1 Å². The first kappa shape index (κ1) is 17.3. The van der Waals surface area contributed by atoms with E-state index in [4.69, 9.17) is 10.2 Å². The summed E-state index contributed by atoms with van der Waals surface area (Å²) in [4.78, 5) is 30.3. The van der Waals surface area contributed by atoms with E-state index in [0.717, 1.165) is 29.5 Å². The molecule has 3 aromatic rings. The van der Waals surface area contributed by atoms with Crippen LogP contribution in [-0.4, -0.2) is 34.8 Å². The summed E-state index contributed by atoms with van der Waals surface area (Å²) in [6.07, 6.45) is 2.18. The molecule has 138 valence electrons. The van der Waals surface area contributed by atoms with Gasteiger partial charge in [0.05, 0.1) is 0 Å². The number of para-hydroxylation sites is 2. The van der Waals surface area contributed by atoms with Gasteiger partial charge in [-0.1, -0.05) is 12.1 Å². The maximum atomic E-state index is 12.8. The molecule has 2 amide bonds. The summed E-state index contributed by atoms with van der Waals surface area (Å²) in [6.45, 7) is 0. The van der Waals surface area contributed by atoms with E-state index >= 15 is 0 Å². The molecule has 0 radical (unpaired) electrons. The molecule has 0 aliphatic heterocycles. The molecular weight excluding hydrogens is 342 g/mol. The highest BCUT2D eigenvalue weighted by atomic mass is 16.3. The molecule has 2 aromatic carbocycles. The van der Waals surface area contributed by atoms with E-state index < -0.39 is 0 Å². The Kier molecular flexibility index (Phi) is 4.39. The van der Waals surface area contributed by atoms with Gasteiger partial charge in [0.25, 0.3) is 5.91 Å². The minimum Gasteiger partial charge on any atom is -0.436 e. The molecule has 1 heterocycles. The Morgan fingerprint density at radius 1 is 1.11 bits per heavy atom. The number of fused-ring (bicyclic) bond motifs is 1. The van der Waals surface area contributed by atoms with Crippen molar-refractivity contribution >= 4 is 22.9 Å². The quantitative estimate of drug-likeness (QED) is 0.771. The Morgan fingerprint density at radius 3 is 2.52 bits per heavy atom. The normalized spacial score (nSPS) is 19.3. The van der Waals surface area contributed by atoms with Crippen LogP contribution in [0.3, 0.4) is 0 Å². The number of carbonyl (C=O) groups is 2. The first-order chi connectivity index (χ1) is 13.0. The fourth-order valence-corrected chi connectivity index (χ4v) is 3.69. The lowest BCUT2D eigenvalue weighted by molar-refractivity contribution is -0.121. The zero-order chi connectivity index (χ0) is 19.0. The molecule has 0 bridgehead atoms. The van der Waals surface area contributed by atoms with Crippen LogP contribution >= 0.6 is 0 Å². The summed E-state index contributed by atoms with van der Waals surface area (Å²) in [5, 5.41) is 0. The number of nitrogens with two attached hydrogens (primary N) is 1. The standard InChI is InChI=1S/C21H21N3O3/c1-24(16-11-10-15(12-16)19(22)25)21(26)14-8-6-13(7-9-14)20-23-17-4-2-3-5-18(17)27-20/h2-9,15-16H,10-12H2,1H3,(H2,22,25)/t15-,16+/m0/s1. The number of aromatic nitrogens is 1. The number of hydrogen-bond donors (Lipinski definition) is 1. The third-order valence-electron chi connectivity index (χ3n) is 5.35. The van der Waals surface area contributed by atoms with Crippen LogP contribution in [0.5, 0.6) is 0 Å². The Balaban J connectivity index is 1.50. The average molecular weight is 363 g/mol. The summed E-state index contributed by atoms with van der Waals surface area (Å²) in [5.41, 5.74) is 8.34. The van der Waals surface area contributed by atoms with E-state index in [2.05, 4.69) is 4.98 Å². The molecule has 0 unspecified atom stereocenters. The number of oxazole rings is 1. The van der Waals surface area contributed by atoms with Crippen LogP contribution in [0.4, 0.5) is 0 Å². The van der Waals surface area contributed by atoms with Crippen molar-refractivity contribution in [3.05, 3.63) is 54.1 Å². The van der Waals surface area contributed by atoms with Crippen LogP contribution in [0.1, 0.15) is 29.6 Å². The van der Waals surface area contributed by atoms with Gasteiger partial charge in [0.15, 0.2) is 5.58 Å². The summed E-state index contributed by atoms with van der Waals surface area (Å²) in [7, 11) is 1.78. The van der Waals surface area contributed by atoms with Crippen molar-refractivity contribution in [2.24, 2.45) is 11.7 Å². The molecular formula is C21H21N3O3. The van der Waals surface area contributed by atoms with E-state index in [1.165, 1.54) is 0 Å². The highest BCUT2D eigenvalue weighted by Crippen LogP contribution is 2.30. The van der Waals surface area contributed by atoms with E-state index in [9.17, 15) is 9.59 Å². The van der Waals surface area contributed by atoms with Crippen molar-refractivity contribution in [3.63, 3.8) is 0 Å². The monoisotopic (exact) mass is 363 g/mol. The molecule has 0 saturated heterocycles. The van der Waals surface area contributed by atoms with Gasteiger partial charge < -0.3 is 15.1 Å². The summed E-state index contributed by atoms with van der Waals surface area (Å²) in [6, 6.07) is 14.9. The number of nitrogens with zero attached hydrogens (tertiary/aromatic N) is 2. The predicted molar refractivity (Wildman–Crippen MR) is 102 cm³/mol. The van der Waals surface area contributed by atoms with Gasteiger partial charge in [0, 0.05) is 30.1 Å². The second kappa shape index (κ2) is 6.87. The lowest BCUT2D eigenvalue weighted by Gasteiger charge is -2.24. The molecule has 27 heavy (non-hydrogen) atoms. The molecule has 2 atom stereocenters. The highest BCUT2D eigenvalue weighted by molar-refractivity contribution is 5.94. The van der Waals surface area contributed by atoms with Crippen LogP contribution < -0.4 is 5.73 Å². The Labute approximate surface area is 157 Å². The minimum absolute atomic E-state index is 0.0479. The zero-order valence-corrected chi connectivity index (χ0v) is 15.1. The van der Waals surface area contributed by atoms with Crippen molar-refractivity contribution in [3.8, 4) is 11.5 Å². The molecule has 1 aliphatic rings. The molecule has 1 fully saturated rings. The number of carbonyl (C=O) groups excluding carboxylic acids is 2. The number of rotatable bonds is 4. The Hall–Kier alpha value is -3.15. The second-order valence-electron chi connectivity index (χ2n) is 7.05. The third kappa shape index (κ3) is 3.30. The summed E-state index contributed by atoms with van der Waals surface area (Å²) in [5.74, 6) is 0.0608. The van der Waals surface area contributed by atoms with Crippen molar-refractivity contribution < 1.29 is 14.0 Å². The van der Waals surface area contributed by atoms with Crippen LogP contribution in [0.15, 0.2) is 52.9 Å². The number of primary amides is 1. The maximum absolute atomic E-state index is 12.8. The van der Waals surface area contributed by atoms with Crippen LogP contribution in [-0.2, 0) is 4.79 Å². The second-order valence-corrected chi connectivity index (χ2v) is 7.05. The molecule has 1 aromatic heterocycles. The molecule has 4 rings (SSSR count). The molecule has 6 heteroatoms. The SMILES string of the molecule is CN(C(=O)c1ccc(-c2nc3ccccc3o2)cc1)[C@@H]1CC[C@H](C(N)=O)C1. The fraction of sp³-hybridized carbons (Fsp3) is 0.286. The largest absolute Gasteiger partial charge is 0.436 e. The van der Waals surface area contributed by atoms with Gasteiger partial charge in [-0.25, -0.2) is 4.98 Å². The van der Waals surface area contributed by atoms with Crippen molar-refractivity contribution in [1.82, 2.24) is 9.88 Å². The van der Waals surface area contributed by atoms with Gasteiger partial charge in [-0.15, -0.1) is 0 Å². The summed E-state index contributed by atoms with van der Waals surface area (Å²) < 4.78 is 5.77. The number of benzene rings is 2. The zero-order valence-electron chi connectivity index (χ0n) is 15.1. The Morgan fingerprint density at radius 2 is 1.85 bits per heavy atom. The van der Waals surface area contributed by atoms with Crippen molar-refractivity contribution in [2.45, 2.75) is 25.3 Å². The molecule has 1 aliphatic carbocycles. The molecule has 2 N–H and O–H groups in total. The van der Waals surface area contributed by atoms with Gasteiger partial charge in [0.1, 0.15) is 5.52 Å². The van der Waals surface area contributed by atoms with Crippen LogP contribution in [0, 0.1) is 5.92 Å². The van der Waals surface area contributed by atoms with Crippen LogP contribution in [0.2, 0.25) is 0 Å². The van der Waals surface area contributed by atoms with Crippen molar-refractivity contribution in [1.29, 1.82) is 0 Å². The average Bonchev–Trinajstić information content (AvgIpc) is 3.34. The van der Waals surface area contributed by atoms with Crippen LogP contribution in [0.25, 0.3) is 22.6 Å². The smallest absolute Gasteiger partial charge is 0.253 e. The predicted octanol–water partition coefficient (Wildman–Crippen LogP) is 3.22. The third-order valence-corrected chi connectivity index (χ3v) is 5.35. The van der Waals surface area contributed by atoms with Gasteiger partial charge in [-0.3, -0.25) is 9.59 Å². The summed E-state index contributed by atoms with van der Waals surface area (Å²) >= 11 is 0. The first-order valence-corrected chi connectivity index (χ1v) is 9.05. The van der Waals surface area contributed by atoms with Gasteiger partial charge in [-0.2, -0.15) is 0 Å². The molecule has 0 spiro atoms. The molecule has 1 saturated carbocycles. The minimum atomic E-state index is -0.277. The van der Waals surface area contributed by atoms with Gasteiger partial charge in [-0.05, 0) is 55.7 Å². The van der Waals surface area contributed by atoms with E-state index in [-0.39, 0.29) is 23.8 Å². The lowest BCUT2D eigenvalue weighted by atomic mass is 10.1. The maximum Gasteiger partial charge on any atom is 0.253 e. The van der Waals surface area contributed by atoms with Gasteiger partial charge in [0.2, 0.25) is 11.8 Å². The Bertz CT molecular complexity index is 960. The highest BCUT2D eigenvalue weighted by Gasteiger charge is 2.32. The van der Waals surface area contributed by atoms with E-state index in [0.29, 0.717) is 17.9 Å². The van der Waals surface area contributed by atoms with Crippen molar-refractivity contribution in [2.75, 3.05) is 7.05 Å². The van der Waals surface area contributed by atoms with E-state index in [1.807, 2.05) is 36.4 Å². The number of amides is 2. The van der Waals surface area contributed by atoms with Gasteiger partial charge >= 0.3 is 0 Å². The lowest BCUT2D eigenvalue weighted by Crippen LogP contribution is -2.36. The molecule has 6 nitrogen and oxygen atoms in total. The topological polar surface area (TPSA) is 89.4 Å². The number of hydrogen-bond acceptors (Lipinski definition) is 4. The first-order valence-electron chi connectivity index (χ1n) is 9.05.